The summed E-state index contributed by atoms with van der Waals surface area (Å²) < 4.78 is 25.0. The fourth-order valence-corrected chi connectivity index (χ4v) is 3.36. The molecular weight excluding hydrogens is 385 g/mol. The van der Waals surface area contributed by atoms with Crippen molar-refractivity contribution < 1.29 is 13.2 Å². The highest BCUT2D eigenvalue weighted by Crippen LogP contribution is 2.30. The van der Waals surface area contributed by atoms with Crippen molar-refractivity contribution in [2.24, 2.45) is 0 Å². The zero-order valence-electron chi connectivity index (χ0n) is 13.0. The van der Waals surface area contributed by atoms with Gasteiger partial charge in [-0.25, -0.2) is 8.42 Å². The van der Waals surface area contributed by atoms with Crippen LogP contribution in [0.1, 0.15) is 5.56 Å². The van der Waals surface area contributed by atoms with Gasteiger partial charge in [-0.1, -0.05) is 35.3 Å². The molecule has 130 valence electrons. The quantitative estimate of drug-likeness (QED) is 0.837. The molecule has 0 saturated heterocycles. The monoisotopic (exact) mass is 397 g/mol. The summed E-state index contributed by atoms with van der Waals surface area (Å²) in [5.74, 6) is -0.621. The Hall–Kier alpha value is -2.27. The molecule has 0 aromatic heterocycles. The summed E-state index contributed by atoms with van der Waals surface area (Å²) in [5.41, 5.74) is 0.656. The van der Waals surface area contributed by atoms with Crippen molar-refractivity contribution in [1.82, 2.24) is 0 Å². The first-order valence-electron chi connectivity index (χ1n) is 6.94. The Kier molecular flexibility index (Phi) is 5.90. The number of nitrogens with one attached hydrogen (secondary N) is 1. The second kappa shape index (κ2) is 7.74. The molecule has 2 rings (SSSR count). The lowest BCUT2D eigenvalue weighted by Gasteiger charge is -2.23. The summed E-state index contributed by atoms with van der Waals surface area (Å²) in [6, 6.07) is 12.7. The van der Waals surface area contributed by atoms with Gasteiger partial charge in [0.1, 0.15) is 12.6 Å². The SMILES string of the molecule is CS(=O)(=O)N(CC(=O)Nc1ccccc1C#N)c1cc(Cl)ccc1Cl. The van der Waals surface area contributed by atoms with Crippen LogP contribution in [0.25, 0.3) is 0 Å². The second-order valence-corrected chi connectivity index (χ2v) is 7.82. The molecule has 1 N–H and O–H groups in total. The number of nitrogens with zero attached hydrogens (tertiary/aromatic N) is 2. The molecule has 0 saturated carbocycles. The van der Waals surface area contributed by atoms with Gasteiger partial charge in [0.05, 0.1) is 28.2 Å². The van der Waals surface area contributed by atoms with E-state index in [0.29, 0.717) is 5.69 Å². The summed E-state index contributed by atoms with van der Waals surface area (Å²) >= 11 is 11.9. The highest BCUT2D eigenvalue weighted by molar-refractivity contribution is 7.92. The highest BCUT2D eigenvalue weighted by atomic mass is 35.5. The van der Waals surface area contributed by atoms with E-state index in [1.807, 2.05) is 6.07 Å². The first-order chi connectivity index (χ1) is 11.7. The van der Waals surface area contributed by atoms with Crippen LogP contribution in [0.5, 0.6) is 0 Å². The van der Waals surface area contributed by atoms with E-state index >= 15 is 0 Å². The van der Waals surface area contributed by atoms with Crippen LogP contribution in [0.15, 0.2) is 42.5 Å². The van der Waals surface area contributed by atoms with Crippen LogP contribution in [0.2, 0.25) is 10.0 Å². The maximum atomic E-state index is 12.3. The third-order valence-corrected chi connectivity index (χ3v) is 4.87. The summed E-state index contributed by atoms with van der Waals surface area (Å²) in [6.45, 7) is -0.515. The molecule has 0 heterocycles. The van der Waals surface area contributed by atoms with Crippen molar-refractivity contribution in [1.29, 1.82) is 5.26 Å². The van der Waals surface area contributed by atoms with E-state index in [1.165, 1.54) is 24.3 Å². The molecule has 6 nitrogen and oxygen atoms in total. The Morgan fingerprint density at radius 2 is 1.92 bits per heavy atom. The standard InChI is InChI=1S/C16H13Cl2N3O3S/c1-25(23,24)21(15-8-12(17)6-7-13(15)18)10-16(22)20-14-5-3-2-4-11(14)9-19/h2-8H,10H2,1H3,(H,20,22). The summed E-state index contributed by atoms with van der Waals surface area (Å²) in [6.07, 6.45) is 0.959. The van der Waals surface area contributed by atoms with Gasteiger partial charge in [0.25, 0.3) is 0 Å². The maximum absolute atomic E-state index is 12.3. The lowest BCUT2D eigenvalue weighted by atomic mass is 10.2. The van der Waals surface area contributed by atoms with Gasteiger partial charge in [0.2, 0.25) is 15.9 Å². The number of hydrogen-bond acceptors (Lipinski definition) is 4. The lowest BCUT2D eigenvalue weighted by Crippen LogP contribution is -2.37. The predicted molar refractivity (Wildman–Crippen MR) is 98.4 cm³/mol. The molecule has 9 heteroatoms. The molecule has 0 unspecified atom stereocenters. The molecule has 0 radical (unpaired) electrons. The number of para-hydroxylation sites is 1. The number of sulfonamides is 1. The van der Waals surface area contributed by atoms with Crippen LogP contribution in [-0.2, 0) is 14.8 Å². The molecule has 1 amide bonds. The van der Waals surface area contributed by atoms with Gasteiger partial charge in [0, 0.05) is 5.02 Å². The number of anilines is 2. The van der Waals surface area contributed by atoms with E-state index in [4.69, 9.17) is 28.5 Å². The minimum atomic E-state index is -3.80. The van der Waals surface area contributed by atoms with Crippen LogP contribution >= 0.6 is 23.2 Å². The van der Waals surface area contributed by atoms with Gasteiger partial charge in [-0.2, -0.15) is 5.26 Å². The second-order valence-electron chi connectivity index (χ2n) is 5.07. The molecule has 25 heavy (non-hydrogen) atoms. The fraction of sp³-hybridized carbons (Fsp3) is 0.125. The van der Waals surface area contributed by atoms with Gasteiger partial charge < -0.3 is 5.32 Å². The Balaban J connectivity index is 2.31. The van der Waals surface area contributed by atoms with E-state index in [0.717, 1.165) is 10.6 Å². The summed E-state index contributed by atoms with van der Waals surface area (Å²) in [5, 5.41) is 12.0. The average Bonchev–Trinajstić information content (AvgIpc) is 2.54. The van der Waals surface area contributed by atoms with Crippen molar-refractivity contribution in [3.63, 3.8) is 0 Å². The molecule has 0 spiro atoms. The predicted octanol–water partition coefficient (Wildman–Crippen LogP) is 3.27. The number of benzene rings is 2. The van der Waals surface area contributed by atoms with Gasteiger partial charge in [-0.3, -0.25) is 9.10 Å². The topological polar surface area (TPSA) is 90.3 Å². The van der Waals surface area contributed by atoms with E-state index < -0.39 is 22.5 Å². The van der Waals surface area contributed by atoms with Crippen LogP contribution in [0.3, 0.4) is 0 Å². The Morgan fingerprint density at radius 3 is 2.56 bits per heavy atom. The van der Waals surface area contributed by atoms with E-state index in [9.17, 15) is 13.2 Å². The zero-order valence-corrected chi connectivity index (χ0v) is 15.4. The maximum Gasteiger partial charge on any atom is 0.245 e. The van der Waals surface area contributed by atoms with Gasteiger partial charge in [0.15, 0.2) is 0 Å². The fourth-order valence-electron chi connectivity index (χ4n) is 2.07. The zero-order chi connectivity index (χ0) is 18.6. The van der Waals surface area contributed by atoms with E-state index in [-0.39, 0.29) is 21.3 Å². The molecule has 0 atom stereocenters. The molecule has 2 aromatic carbocycles. The smallest absolute Gasteiger partial charge is 0.245 e. The number of nitriles is 1. The number of amides is 1. The minimum absolute atomic E-state index is 0.0976. The van der Waals surface area contributed by atoms with Gasteiger partial charge in [-0.05, 0) is 30.3 Å². The normalized spacial score (nSPS) is 10.8. The van der Waals surface area contributed by atoms with Crippen molar-refractivity contribution in [2.75, 3.05) is 22.4 Å². The Morgan fingerprint density at radius 1 is 1.24 bits per heavy atom. The molecule has 0 aliphatic carbocycles. The van der Waals surface area contributed by atoms with Crippen LogP contribution in [0.4, 0.5) is 11.4 Å². The third-order valence-electron chi connectivity index (χ3n) is 3.19. The van der Waals surface area contributed by atoms with Crippen LogP contribution in [-0.4, -0.2) is 27.1 Å². The van der Waals surface area contributed by atoms with Gasteiger partial charge in [-0.15, -0.1) is 0 Å². The minimum Gasteiger partial charge on any atom is -0.323 e. The molecule has 0 aliphatic heterocycles. The molecule has 0 fully saturated rings. The summed E-state index contributed by atoms with van der Waals surface area (Å²) in [7, 11) is -3.80. The number of carbonyl (C=O) groups is 1. The molecule has 0 aliphatic rings. The largest absolute Gasteiger partial charge is 0.323 e. The molecule has 2 aromatic rings. The first-order valence-corrected chi connectivity index (χ1v) is 9.54. The van der Waals surface area contributed by atoms with Gasteiger partial charge >= 0.3 is 0 Å². The first kappa shape index (κ1) is 19.1. The van der Waals surface area contributed by atoms with Crippen molar-refractivity contribution >= 4 is 50.5 Å². The summed E-state index contributed by atoms with van der Waals surface area (Å²) in [4.78, 5) is 12.3. The van der Waals surface area contributed by atoms with Crippen molar-refractivity contribution in [3.8, 4) is 6.07 Å². The third kappa shape index (κ3) is 4.86. The highest BCUT2D eigenvalue weighted by Gasteiger charge is 2.23. The molecule has 0 bridgehead atoms. The van der Waals surface area contributed by atoms with Crippen molar-refractivity contribution in [3.05, 3.63) is 58.1 Å². The Bertz CT molecular complexity index is 955. The number of halogens is 2. The number of carbonyl (C=O) groups excluding carboxylic acids is 1. The average molecular weight is 398 g/mol. The molecular formula is C16H13Cl2N3O3S. The Labute approximate surface area is 155 Å². The van der Waals surface area contributed by atoms with E-state index in [2.05, 4.69) is 5.32 Å². The lowest BCUT2D eigenvalue weighted by molar-refractivity contribution is -0.114. The number of hydrogen-bond donors (Lipinski definition) is 1. The number of rotatable bonds is 5. The van der Waals surface area contributed by atoms with Crippen LogP contribution in [0, 0.1) is 11.3 Å². The van der Waals surface area contributed by atoms with E-state index in [1.54, 1.807) is 18.2 Å². The van der Waals surface area contributed by atoms with Crippen molar-refractivity contribution in [2.45, 2.75) is 0 Å². The van der Waals surface area contributed by atoms with Crippen LogP contribution < -0.4 is 9.62 Å².